The summed E-state index contributed by atoms with van der Waals surface area (Å²) in [5.41, 5.74) is -0.0649. The number of fused-ring (bicyclic) bond motifs is 1. The minimum atomic E-state index is -1.93. The summed E-state index contributed by atoms with van der Waals surface area (Å²) in [6.07, 6.45) is -4.50. The van der Waals surface area contributed by atoms with E-state index in [-0.39, 0.29) is 23.3 Å². The van der Waals surface area contributed by atoms with Gasteiger partial charge in [-0.05, 0) is 6.07 Å². The zero-order chi connectivity index (χ0) is 16.9. The number of aliphatic hydroxyl groups is 3. The average molecular weight is 328 g/mol. The van der Waals surface area contributed by atoms with Gasteiger partial charge in [0.25, 0.3) is 0 Å². The van der Waals surface area contributed by atoms with E-state index in [4.69, 9.17) is 19.3 Å². The highest BCUT2D eigenvalue weighted by atomic mass is 16.7. The van der Waals surface area contributed by atoms with Gasteiger partial charge in [-0.25, -0.2) is 4.79 Å². The molecule has 9 heteroatoms. The lowest BCUT2D eigenvalue weighted by Crippen LogP contribution is -2.51. The van der Waals surface area contributed by atoms with Crippen LogP contribution in [-0.4, -0.2) is 69.3 Å². The second kappa shape index (κ2) is 5.24. The smallest absolute Gasteiger partial charge is 0.341 e. The lowest BCUT2D eigenvalue weighted by Gasteiger charge is -2.36. The molecule has 1 aromatic carbocycles. The molecule has 9 nitrogen and oxygen atoms in total. The molecule has 2 heterocycles. The van der Waals surface area contributed by atoms with E-state index in [1.165, 1.54) is 7.11 Å². The second-order valence-electron chi connectivity index (χ2n) is 5.46. The molecule has 2 aliphatic heterocycles. The van der Waals surface area contributed by atoms with Crippen LogP contribution in [-0.2, 0) is 15.9 Å². The topological polar surface area (TPSA) is 146 Å². The van der Waals surface area contributed by atoms with Crippen molar-refractivity contribution in [2.75, 3.05) is 13.7 Å². The Morgan fingerprint density at radius 3 is 2.65 bits per heavy atom. The van der Waals surface area contributed by atoms with E-state index in [0.717, 1.165) is 6.07 Å². The third kappa shape index (κ3) is 2.12. The predicted molar refractivity (Wildman–Crippen MR) is 72.1 cm³/mol. The molecule has 1 spiro atoms. The summed E-state index contributed by atoms with van der Waals surface area (Å²) in [5, 5.41) is 49.2. The van der Waals surface area contributed by atoms with Crippen molar-refractivity contribution in [2.45, 2.75) is 30.5 Å². The van der Waals surface area contributed by atoms with Crippen LogP contribution in [0.4, 0.5) is 0 Å². The van der Waals surface area contributed by atoms with Crippen LogP contribution in [0.15, 0.2) is 6.07 Å². The fourth-order valence-electron chi connectivity index (χ4n) is 2.97. The monoisotopic (exact) mass is 328 g/mol. The van der Waals surface area contributed by atoms with Crippen molar-refractivity contribution in [3.63, 3.8) is 0 Å². The molecule has 126 valence electrons. The van der Waals surface area contributed by atoms with Gasteiger partial charge >= 0.3 is 5.97 Å². The molecule has 23 heavy (non-hydrogen) atoms. The summed E-state index contributed by atoms with van der Waals surface area (Å²) < 4.78 is 15.3. The first-order valence-corrected chi connectivity index (χ1v) is 6.84. The molecular formula is C14H16O9. The molecule has 1 fully saturated rings. The zero-order valence-corrected chi connectivity index (χ0v) is 12.1. The number of benzene rings is 1. The Bertz CT molecular complexity index is 658. The van der Waals surface area contributed by atoms with E-state index in [9.17, 15) is 25.2 Å². The van der Waals surface area contributed by atoms with Gasteiger partial charge in [0.05, 0.1) is 19.3 Å². The number of carbonyl (C=O) groups is 1. The maximum atomic E-state index is 12.2. The Kier molecular flexibility index (Phi) is 3.60. The number of esters is 1. The largest absolute Gasteiger partial charge is 0.504 e. The highest BCUT2D eigenvalue weighted by Crippen LogP contribution is 2.47. The highest BCUT2D eigenvalue weighted by molar-refractivity contribution is 5.94. The summed E-state index contributed by atoms with van der Waals surface area (Å²) in [7, 11) is 1.23. The van der Waals surface area contributed by atoms with Crippen LogP contribution in [0.2, 0.25) is 0 Å². The minimum absolute atomic E-state index is 0.0424. The van der Waals surface area contributed by atoms with Crippen molar-refractivity contribution in [3.8, 4) is 17.2 Å². The normalized spacial score (nSPS) is 32.7. The quantitative estimate of drug-likeness (QED) is 0.415. The van der Waals surface area contributed by atoms with Gasteiger partial charge in [-0.1, -0.05) is 0 Å². The Hall–Kier alpha value is -2.07. The summed E-state index contributed by atoms with van der Waals surface area (Å²) in [6.45, 7) is -0.588. The number of ether oxygens (including phenoxy) is 3. The molecule has 5 N–H and O–H groups in total. The number of hydrogen-bond donors (Lipinski definition) is 5. The third-order valence-corrected chi connectivity index (χ3v) is 4.14. The molecule has 0 aliphatic carbocycles. The number of hydrogen-bond acceptors (Lipinski definition) is 9. The van der Waals surface area contributed by atoms with Crippen LogP contribution in [0.3, 0.4) is 0 Å². The zero-order valence-electron chi connectivity index (χ0n) is 12.1. The van der Waals surface area contributed by atoms with Crippen LogP contribution < -0.4 is 4.74 Å². The van der Waals surface area contributed by atoms with E-state index >= 15 is 0 Å². The molecule has 0 bridgehead atoms. The first kappa shape index (κ1) is 15.8. The van der Waals surface area contributed by atoms with Crippen molar-refractivity contribution >= 4 is 5.97 Å². The predicted octanol–water partition coefficient (Wildman–Crippen LogP) is -1.37. The number of rotatable bonds is 2. The van der Waals surface area contributed by atoms with Gasteiger partial charge in [-0.3, -0.25) is 0 Å². The summed E-state index contributed by atoms with van der Waals surface area (Å²) in [5.74, 6) is -4.06. The molecule has 0 amide bonds. The van der Waals surface area contributed by atoms with Crippen LogP contribution in [0.25, 0.3) is 0 Å². The molecule has 1 aromatic rings. The fraction of sp³-hybridized carbons (Fsp3) is 0.500. The van der Waals surface area contributed by atoms with Crippen LogP contribution in [0, 0.1) is 0 Å². The first-order chi connectivity index (χ1) is 10.8. The Morgan fingerprint density at radius 1 is 1.39 bits per heavy atom. The molecule has 0 radical (unpaired) electrons. The van der Waals surface area contributed by atoms with Crippen molar-refractivity contribution in [3.05, 3.63) is 17.2 Å². The van der Waals surface area contributed by atoms with Crippen LogP contribution >= 0.6 is 0 Å². The minimum Gasteiger partial charge on any atom is -0.504 e. The maximum absolute atomic E-state index is 12.2. The van der Waals surface area contributed by atoms with E-state index in [1.54, 1.807) is 0 Å². The van der Waals surface area contributed by atoms with Gasteiger partial charge < -0.3 is 39.7 Å². The van der Waals surface area contributed by atoms with Crippen LogP contribution in [0.1, 0.15) is 15.9 Å². The van der Waals surface area contributed by atoms with E-state index in [2.05, 4.69) is 0 Å². The lowest BCUT2D eigenvalue weighted by atomic mass is 9.91. The standard InChI is InChI=1S/C14H16O9/c1-21-11-7(16)2-5-6(9(11)17)3-14(23-13(5)20)12(19)10(18)8(4-15)22-14/h2,8,10,12,15-19H,3-4H2,1H3/t8-,10-,12-,14-/m1/s1. The Morgan fingerprint density at radius 2 is 2.09 bits per heavy atom. The van der Waals surface area contributed by atoms with E-state index < -0.39 is 48.2 Å². The third-order valence-electron chi connectivity index (χ3n) is 4.14. The molecule has 0 unspecified atom stereocenters. The van der Waals surface area contributed by atoms with Gasteiger partial charge in [0.15, 0.2) is 11.5 Å². The van der Waals surface area contributed by atoms with Gasteiger partial charge in [0.2, 0.25) is 11.5 Å². The average Bonchev–Trinajstić information content (AvgIpc) is 2.74. The second-order valence-corrected chi connectivity index (χ2v) is 5.46. The van der Waals surface area contributed by atoms with Crippen molar-refractivity contribution in [1.29, 1.82) is 0 Å². The maximum Gasteiger partial charge on any atom is 0.341 e. The number of aromatic hydroxyl groups is 2. The number of phenolic OH excluding ortho intramolecular Hbond substituents is 2. The molecule has 3 rings (SSSR count). The van der Waals surface area contributed by atoms with E-state index in [1.807, 2.05) is 0 Å². The number of carbonyl (C=O) groups excluding carboxylic acids is 1. The van der Waals surface area contributed by atoms with Gasteiger partial charge in [-0.15, -0.1) is 0 Å². The summed E-state index contributed by atoms with van der Waals surface area (Å²) >= 11 is 0. The van der Waals surface area contributed by atoms with Gasteiger partial charge in [0.1, 0.15) is 18.3 Å². The molecule has 4 atom stereocenters. The van der Waals surface area contributed by atoms with Crippen molar-refractivity contribution < 1.29 is 44.5 Å². The van der Waals surface area contributed by atoms with Crippen molar-refractivity contribution in [2.24, 2.45) is 0 Å². The molecule has 0 saturated carbocycles. The molecule has 1 saturated heterocycles. The van der Waals surface area contributed by atoms with Crippen molar-refractivity contribution in [1.82, 2.24) is 0 Å². The molecular weight excluding hydrogens is 312 g/mol. The Balaban J connectivity index is 2.09. The van der Waals surface area contributed by atoms with E-state index in [0.29, 0.717) is 0 Å². The number of methoxy groups -OCH3 is 1. The summed E-state index contributed by atoms with van der Waals surface area (Å²) in [4.78, 5) is 12.2. The number of aliphatic hydroxyl groups excluding tert-OH is 3. The van der Waals surface area contributed by atoms with Crippen LogP contribution in [0.5, 0.6) is 17.2 Å². The summed E-state index contributed by atoms with van der Waals surface area (Å²) in [6, 6.07) is 1.07. The number of phenols is 2. The highest BCUT2D eigenvalue weighted by Gasteiger charge is 2.59. The lowest BCUT2D eigenvalue weighted by molar-refractivity contribution is -0.232. The fourth-order valence-corrected chi connectivity index (χ4v) is 2.97. The van der Waals surface area contributed by atoms with Gasteiger partial charge in [0, 0.05) is 12.0 Å². The van der Waals surface area contributed by atoms with Gasteiger partial charge in [-0.2, -0.15) is 0 Å². The molecule has 0 aromatic heterocycles. The first-order valence-electron chi connectivity index (χ1n) is 6.84. The SMILES string of the molecule is COc1c(O)cc2c(c1O)C[C@]1(OC2=O)O[C@H](CO)[C@@H](O)[C@H]1O. The molecule has 2 aliphatic rings. The Labute approximate surface area is 130 Å².